The molecule has 140 valence electrons. The number of halogens is 1. The van der Waals surface area contributed by atoms with Crippen LogP contribution >= 0.6 is 11.6 Å². The average Bonchev–Trinajstić information content (AvgIpc) is 2.55. The number of carbonyl (C=O) groups excluding carboxylic acids is 1. The van der Waals surface area contributed by atoms with Crippen LogP contribution in [0.3, 0.4) is 0 Å². The molecular formula is C17H26ClN3O3S. The van der Waals surface area contributed by atoms with E-state index in [9.17, 15) is 13.2 Å². The molecule has 0 bridgehead atoms. The maximum absolute atomic E-state index is 12.5. The third-order valence-electron chi connectivity index (χ3n) is 4.65. The highest BCUT2D eigenvalue weighted by atomic mass is 35.5. The lowest BCUT2D eigenvalue weighted by atomic mass is 9.97. The molecule has 1 saturated heterocycles. The molecule has 2 rings (SSSR count). The lowest BCUT2D eigenvalue weighted by Crippen LogP contribution is -2.44. The van der Waals surface area contributed by atoms with Gasteiger partial charge in [-0.2, -0.15) is 0 Å². The molecule has 1 N–H and O–H groups in total. The lowest BCUT2D eigenvalue weighted by molar-refractivity contribution is -0.126. The van der Waals surface area contributed by atoms with E-state index in [-0.39, 0.29) is 17.9 Å². The van der Waals surface area contributed by atoms with Crippen molar-refractivity contribution in [3.05, 3.63) is 34.9 Å². The zero-order valence-electron chi connectivity index (χ0n) is 14.9. The SMILES string of the molecule is CN(C)[C@@H](CNC(=O)C1CCN(S(C)(=O)=O)CC1)c1ccccc1Cl. The number of rotatable bonds is 6. The van der Waals surface area contributed by atoms with Crippen molar-refractivity contribution in [2.45, 2.75) is 18.9 Å². The summed E-state index contributed by atoms with van der Waals surface area (Å²) in [4.78, 5) is 14.5. The minimum atomic E-state index is -3.17. The summed E-state index contributed by atoms with van der Waals surface area (Å²) in [6.07, 6.45) is 2.31. The molecule has 25 heavy (non-hydrogen) atoms. The first-order valence-electron chi connectivity index (χ1n) is 8.34. The molecule has 0 aliphatic carbocycles. The zero-order valence-corrected chi connectivity index (χ0v) is 16.5. The second-order valence-electron chi connectivity index (χ2n) is 6.68. The highest BCUT2D eigenvalue weighted by Gasteiger charge is 2.29. The molecule has 1 aliphatic heterocycles. The summed E-state index contributed by atoms with van der Waals surface area (Å²) in [5.74, 6) is -0.167. The zero-order chi connectivity index (χ0) is 18.6. The number of piperidine rings is 1. The highest BCUT2D eigenvalue weighted by Crippen LogP contribution is 2.26. The summed E-state index contributed by atoms with van der Waals surface area (Å²) in [5, 5.41) is 3.68. The molecule has 8 heteroatoms. The van der Waals surface area contributed by atoms with Crippen molar-refractivity contribution in [3.63, 3.8) is 0 Å². The van der Waals surface area contributed by atoms with Gasteiger partial charge in [0, 0.05) is 30.6 Å². The smallest absolute Gasteiger partial charge is 0.223 e. The van der Waals surface area contributed by atoms with E-state index >= 15 is 0 Å². The number of hydrogen-bond donors (Lipinski definition) is 1. The van der Waals surface area contributed by atoms with Gasteiger partial charge in [0.1, 0.15) is 0 Å². The number of benzene rings is 1. The Labute approximate surface area is 155 Å². The van der Waals surface area contributed by atoms with Crippen molar-refractivity contribution in [3.8, 4) is 0 Å². The summed E-state index contributed by atoms with van der Waals surface area (Å²) in [6, 6.07) is 7.60. The van der Waals surface area contributed by atoms with Crippen molar-refractivity contribution < 1.29 is 13.2 Å². The molecule has 1 aromatic carbocycles. The molecule has 0 spiro atoms. The van der Waals surface area contributed by atoms with E-state index in [0.717, 1.165) is 5.56 Å². The van der Waals surface area contributed by atoms with E-state index in [1.54, 1.807) is 0 Å². The van der Waals surface area contributed by atoms with Crippen molar-refractivity contribution in [2.24, 2.45) is 5.92 Å². The molecule has 0 unspecified atom stereocenters. The monoisotopic (exact) mass is 387 g/mol. The molecule has 1 heterocycles. The first-order chi connectivity index (χ1) is 11.7. The fourth-order valence-corrected chi connectivity index (χ4v) is 4.24. The van der Waals surface area contributed by atoms with E-state index < -0.39 is 10.0 Å². The Morgan fingerprint density at radius 3 is 2.44 bits per heavy atom. The first kappa shape index (κ1) is 20.2. The minimum absolute atomic E-state index is 0.0197. The van der Waals surface area contributed by atoms with Crippen LogP contribution in [0.5, 0.6) is 0 Å². The predicted molar refractivity (Wildman–Crippen MR) is 100 cm³/mol. The van der Waals surface area contributed by atoms with Gasteiger partial charge in [0.2, 0.25) is 15.9 Å². The normalized spacial score (nSPS) is 18.3. The van der Waals surface area contributed by atoms with Gasteiger partial charge in [-0.05, 0) is 38.6 Å². The van der Waals surface area contributed by atoms with Gasteiger partial charge >= 0.3 is 0 Å². The summed E-state index contributed by atoms with van der Waals surface area (Å²) < 4.78 is 24.5. The standard InChI is InChI=1S/C17H26ClN3O3S/c1-20(2)16(14-6-4-5-7-15(14)18)12-19-17(22)13-8-10-21(11-9-13)25(3,23)24/h4-7,13,16H,8-12H2,1-3H3,(H,19,22)/t16-/m0/s1. The van der Waals surface area contributed by atoms with Gasteiger partial charge in [-0.1, -0.05) is 29.8 Å². The Morgan fingerprint density at radius 2 is 1.92 bits per heavy atom. The van der Waals surface area contributed by atoms with E-state index in [1.807, 2.05) is 43.3 Å². The quantitative estimate of drug-likeness (QED) is 0.807. The third-order valence-corrected chi connectivity index (χ3v) is 6.30. The van der Waals surface area contributed by atoms with E-state index in [1.165, 1.54) is 10.6 Å². The average molecular weight is 388 g/mol. The van der Waals surface area contributed by atoms with Crippen molar-refractivity contribution in [1.29, 1.82) is 0 Å². The molecule has 1 amide bonds. The van der Waals surface area contributed by atoms with Crippen LogP contribution in [0.25, 0.3) is 0 Å². The van der Waals surface area contributed by atoms with E-state index in [2.05, 4.69) is 5.32 Å². The Kier molecular flexibility index (Phi) is 6.85. The molecule has 1 atom stereocenters. The fourth-order valence-electron chi connectivity index (χ4n) is 3.11. The van der Waals surface area contributed by atoms with Crippen LogP contribution in [0.4, 0.5) is 0 Å². The highest BCUT2D eigenvalue weighted by molar-refractivity contribution is 7.88. The topological polar surface area (TPSA) is 69.7 Å². The number of hydrogen-bond acceptors (Lipinski definition) is 4. The molecular weight excluding hydrogens is 362 g/mol. The summed E-state index contributed by atoms with van der Waals surface area (Å²) >= 11 is 6.28. The summed E-state index contributed by atoms with van der Waals surface area (Å²) in [7, 11) is 0.726. The third kappa shape index (κ3) is 5.41. The second-order valence-corrected chi connectivity index (χ2v) is 9.07. The van der Waals surface area contributed by atoms with Crippen LogP contribution in [-0.2, 0) is 14.8 Å². The number of sulfonamides is 1. The second kappa shape index (κ2) is 8.49. The largest absolute Gasteiger partial charge is 0.354 e. The minimum Gasteiger partial charge on any atom is -0.354 e. The van der Waals surface area contributed by atoms with Crippen LogP contribution in [0.15, 0.2) is 24.3 Å². The van der Waals surface area contributed by atoms with Crippen LogP contribution in [-0.4, -0.2) is 63.5 Å². The molecule has 0 radical (unpaired) electrons. The van der Waals surface area contributed by atoms with Gasteiger partial charge < -0.3 is 10.2 Å². The van der Waals surface area contributed by atoms with Crippen LogP contribution in [0.2, 0.25) is 5.02 Å². The summed E-state index contributed by atoms with van der Waals surface area (Å²) in [5.41, 5.74) is 0.973. The Morgan fingerprint density at radius 1 is 1.32 bits per heavy atom. The van der Waals surface area contributed by atoms with Crippen molar-refractivity contribution in [1.82, 2.24) is 14.5 Å². The molecule has 1 fully saturated rings. The van der Waals surface area contributed by atoms with Crippen LogP contribution in [0.1, 0.15) is 24.4 Å². The fraction of sp³-hybridized carbons (Fsp3) is 0.588. The Hall–Kier alpha value is -1.15. The van der Waals surface area contributed by atoms with Gasteiger partial charge in [-0.3, -0.25) is 4.79 Å². The molecule has 1 aliphatic rings. The van der Waals surface area contributed by atoms with Crippen molar-refractivity contribution >= 4 is 27.5 Å². The van der Waals surface area contributed by atoms with Gasteiger partial charge in [-0.15, -0.1) is 0 Å². The Bertz CT molecular complexity index is 701. The lowest BCUT2D eigenvalue weighted by Gasteiger charge is -2.31. The number of likely N-dealkylation sites (N-methyl/N-ethyl adjacent to an activating group) is 1. The van der Waals surface area contributed by atoms with Gasteiger partial charge in [0.05, 0.1) is 12.3 Å². The van der Waals surface area contributed by atoms with Crippen LogP contribution < -0.4 is 5.32 Å². The predicted octanol–water partition coefficient (Wildman–Crippen LogP) is 1.73. The van der Waals surface area contributed by atoms with Crippen molar-refractivity contribution in [2.75, 3.05) is 40.0 Å². The first-order valence-corrected chi connectivity index (χ1v) is 10.6. The van der Waals surface area contributed by atoms with E-state index in [4.69, 9.17) is 11.6 Å². The Balaban J connectivity index is 1.93. The molecule has 6 nitrogen and oxygen atoms in total. The number of carbonyl (C=O) groups is 1. The number of amides is 1. The number of nitrogens with one attached hydrogen (secondary N) is 1. The summed E-state index contributed by atoms with van der Waals surface area (Å²) in [6.45, 7) is 1.26. The van der Waals surface area contributed by atoms with Gasteiger partial charge in [0.25, 0.3) is 0 Å². The molecule has 1 aromatic rings. The van der Waals surface area contributed by atoms with Gasteiger partial charge in [-0.25, -0.2) is 12.7 Å². The molecule has 0 saturated carbocycles. The van der Waals surface area contributed by atoms with E-state index in [0.29, 0.717) is 37.5 Å². The van der Waals surface area contributed by atoms with Crippen LogP contribution in [0, 0.1) is 5.92 Å². The maximum Gasteiger partial charge on any atom is 0.223 e. The van der Waals surface area contributed by atoms with Gasteiger partial charge in [0.15, 0.2) is 0 Å². The maximum atomic E-state index is 12.5. The number of nitrogens with zero attached hydrogens (tertiary/aromatic N) is 2. The molecule has 0 aromatic heterocycles.